The molecular weight excluding hydrogens is 242 g/mol. The van der Waals surface area contributed by atoms with Crippen molar-refractivity contribution in [3.8, 4) is 0 Å². The Kier molecular flexibility index (Phi) is 3.97. The average Bonchev–Trinajstić information content (AvgIpc) is 3.08. The minimum absolute atomic E-state index is 0.543. The van der Waals surface area contributed by atoms with Crippen LogP contribution in [-0.4, -0.2) is 35.6 Å². The SMILES string of the molecule is CC(c1cncs1)N1CCC(NCC2CC2)CC1. The highest BCUT2D eigenvalue weighted by Gasteiger charge is 2.26. The van der Waals surface area contributed by atoms with Crippen LogP contribution in [0, 0.1) is 5.92 Å². The van der Waals surface area contributed by atoms with Crippen LogP contribution in [0.4, 0.5) is 0 Å². The number of thiazole rings is 1. The van der Waals surface area contributed by atoms with E-state index in [-0.39, 0.29) is 0 Å². The van der Waals surface area contributed by atoms with Gasteiger partial charge in [-0.05, 0) is 45.1 Å². The lowest BCUT2D eigenvalue weighted by Crippen LogP contribution is -2.43. The molecule has 1 unspecified atom stereocenters. The second kappa shape index (κ2) is 5.68. The highest BCUT2D eigenvalue weighted by atomic mass is 32.1. The van der Waals surface area contributed by atoms with E-state index >= 15 is 0 Å². The van der Waals surface area contributed by atoms with Gasteiger partial charge in [-0.2, -0.15) is 0 Å². The molecule has 3 nitrogen and oxygen atoms in total. The summed E-state index contributed by atoms with van der Waals surface area (Å²) in [5, 5.41) is 3.74. The Morgan fingerprint density at radius 3 is 2.78 bits per heavy atom. The number of hydrogen-bond acceptors (Lipinski definition) is 4. The van der Waals surface area contributed by atoms with Crippen LogP contribution in [0.1, 0.15) is 43.5 Å². The zero-order valence-electron chi connectivity index (χ0n) is 11.1. The predicted molar refractivity (Wildman–Crippen MR) is 75.9 cm³/mol. The molecule has 100 valence electrons. The molecule has 1 aromatic rings. The van der Waals surface area contributed by atoms with Crippen LogP contribution in [0.15, 0.2) is 11.7 Å². The van der Waals surface area contributed by atoms with Crippen LogP contribution in [0.2, 0.25) is 0 Å². The first-order valence-corrected chi connectivity index (χ1v) is 8.06. The summed E-state index contributed by atoms with van der Waals surface area (Å²) in [6.45, 7) is 6.02. The van der Waals surface area contributed by atoms with Crippen LogP contribution in [0.3, 0.4) is 0 Å². The van der Waals surface area contributed by atoms with Gasteiger partial charge in [-0.25, -0.2) is 0 Å². The number of likely N-dealkylation sites (tertiary alicyclic amines) is 1. The molecule has 1 saturated carbocycles. The van der Waals surface area contributed by atoms with E-state index in [9.17, 15) is 0 Å². The quantitative estimate of drug-likeness (QED) is 0.887. The monoisotopic (exact) mass is 265 g/mol. The summed E-state index contributed by atoms with van der Waals surface area (Å²) in [7, 11) is 0. The van der Waals surface area contributed by atoms with E-state index in [4.69, 9.17) is 0 Å². The fourth-order valence-electron chi connectivity index (χ4n) is 2.76. The zero-order chi connectivity index (χ0) is 12.4. The number of nitrogens with one attached hydrogen (secondary N) is 1. The number of hydrogen-bond donors (Lipinski definition) is 1. The van der Waals surface area contributed by atoms with E-state index in [0.717, 1.165) is 12.0 Å². The fraction of sp³-hybridized carbons (Fsp3) is 0.786. The van der Waals surface area contributed by atoms with E-state index in [1.165, 1.54) is 50.2 Å². The largest absolute Gasteiger partial charge is 0.314 e. The van der Waals surface area contributed by atoms with E-state index in [0.29, 0.717) is 6.04 Å². The average molecular weight is 265 g/mol. The third-order valence-electron chi connectivity index (χ3n) is 4.33. The zero-order valence-corrected chi connectivity index (χ0v) is 12.0. The Hall–Kier alpha value is -0.450. The first kappa shape index (κ1) is 12.6. The van der Waals surface area contributed by atoms with Crippen LogP contribution < -0.4 is 5.32 Å². The molecule has 1 atom stereocenters. The topological polar surface area (TPSA) is 28.2 Å². The van der Waals surface area contributed by atoms with Crippen molar-refractivity contribution in [2.24, 2.45) is 5.92 Å². The minimum Gasteiger partial charge on any atom is -0.314 e. The molecule has 2 heterocycles. The van der Waals surface area contributed by atoms with Crippen molar-refractivity contribution in [1.29, 1.82) is 0 Å². The van der Waals surface area contributed by atoms with E-state index in [1.807, 2.05) is 11.7 Å². The minimum atomic E-state index is 0.543. The number of nitrogens with zero attached hydrogens (tertiary/aromatic N) is 2. The normalized spacial score (nSPS) is 24.3. The van der Waals surface area contributed by atoms with Gasteiger partial charge in [0.15, 0.2) is 0 Å². The molecule has 0 aromatic carbocycles. The highest BCUT2D eigenvalue weighted by Crippen LogP contribution is 2.29. The molecule has 2 aliphatic rings. The summed E-state index contributed by atoms with van der Waals surface area (Å²) in [5.41, 5.74) is 1.94. The molecule has 4 heteroatoms. The second-order valence-electron chi connectivity index (χ2n) is 5.74. The smallest absolute Gasteiger partial charge is 0.0794 e. The molecule has 0 amide bonds. The van der Waals surface area contributed by atoms with Gasteiger partial charge < -0.3 is 5.32 Å². The molecule has 1 N–H and O–H groups in total. The van der Waals surface area contributed by atoms with Gasteiger partial charge in [0.2, 0.25) is 0 Å². The van der Waals surface area contributed by atoms with Crippen molar-refractivity contribution in [3.63, 3.8) is 0 Å². The summed E-state index contributed by atoms with van der Waals surface area (Å²) < 4.78 is 0. The lowest BCUT2D eigenvalue weighted by Gasteiger charge is -2.36. The molecule has 18 heavy (non-hydrogen) atoms. The Balaban J connectivity index is 1.44. The van der Waals surface area contributed by atoms with Gasteiger partial charge in [-0.3, -0.25) is 9.88 Å². The summed E-state index contributed by atoms with van der Waals surface area (Å²) in [6, 6.07) is 1.30. The van der Waals surface area contributed by atoms with E-state index in [1.54, 1.807) is 11.3 Å². The number of aromatic nitrogens is 1. The molecule has 0 spiro atoms. The number of piperidine rings is 1. The van der Waals surface area contributed by atoms with Crippen molar-refractivity contribution < 1.29 is 0 Å². The third kappa shape index (κ3) is 3.11. The van der Waals surface area contributed by atoms with Crippen LogP contribution >= 0.6 is 11.3 Å². The van der Waals surface area contributed by atoms with Crippen molar-refractivity contribution in [1.82, 2.24) is 15.2 Å². The maximum Gasteiger partial charge on any atom is 0.0794 e. The van der Waals surface area contributed by atoms with Crippen LogP contribution in [-0.2, 0) is 0 Å². The molecular formula is C14H23N3S. The van der Waals surface area contributed by atoms with Gasteiger partial charge in [0.1, 0.15) is 0 Å². The number of rotatable bonds is 5. The maximum atomic E-state index is 4.19. The van der Waals surface area contributed by atoms with Crippen LogP contribution in [0.25, 0.3) is 0 Å². The van der Waals surface area contributed by atoms with Gasteiger partial charge >= 0.3 is 0 Å². The van der Waals surface area contributed by atoms with Crippen molar-refractivity contribution in [2.45, 2.75) is 44.7 Å². The molecule has 1 aliphatic carbocycles. The van der Waals surface area contributed by atoms with Crippen molar-refractivity contribution in [2.75, 3.05) is 19.6 Å². The fourth-order valence-corrected chi connectivity index (χ4v) is 3.47. The summed E-state index contributed by atoms with van der Waals surface area (Å²) >= 11 is 1.78. The molecule has 1 aliphatic heterocycles. The van der Waals surface area contributed by atoms with Gasteiger partial charge in [0.05, 0.1) is 5.51 Å². The Bertz CT molecular complexity index is 353. The third-order valence-corrected chi connectivity index (χ3v) is 5.28. The maximum absolute atomic E-state index is 4.19. The predicted octanol–water partition coefficient (Wildman–Crippen LogP) is 2.67. The summed E-state index contributed by atoms with van der Waals surface area (Å²) in [5.74, 6) is 0.999. The standard InChI is InChI=1S/C14H23N3S/c1-11(14-9-15-10-18-14)17-6-4-13(5-7-17)16-8-12-2-3-12/h9-13,16H,2-8H2,1H3. The van der Waals surface area contributed by atoms with E-state index < -0.39 is 0 Å². The molecule has 1 aromatic heterocycles. The molecule has 3 rings (SSSR count). The Morgan fingerprint density at radius 2 is 2.17 bits per heavy atom. The van der Waals surface area contributed by atoms with Crippen LogP contribution in [0.5, 0.6) is 0 Å². The summed E-state index contributed by atoms with van der Waals surface area (Å²) in [6.07, 6.45) is 7.53. The van der Waals surface area contributed by atoms with Gasteiger partial charge in [0.25, 0.3) is 0 Å². The molecule has 1 saturated heterocycles. The Labute approximate surface area is 114 Å². The first-order valence-electron chi connectivity index (χ1n) is 7.19. The first-order chi connectivity index (χ1) is 8.83. The molecule has 2 fully saturated rings. The molecule has 0 radical (unpaired) electrons. The lowest BCUT2D eigenvalue weighted by atomic mass is 10.0. The summed E-state index contributed by atoms with van der Waals surface area (Å²) in [4.78, 5) is 8.19. The highest BCUT2D eigenvalue weighted by molar-refractivity contribution is 7.09. The van der Waals surface area contributed by atoms with Crippen molar-refractivity contribution >= 4 is 11.3 Å². The van der Waals surface area contributed by atoms with Gasteiger partial charge in [-0.15, -0.1) is 11.3 Å². The molecule has 0 bridgehead atoms. The van der Waals surface area contributed by atoms with E-state index in [2.05, 4.69) is 22.1 Å². The van der Waals surface area contributed by atoms with Gasteiger partial charge in [0, 0.05) is 36.2 Å². The lowest BCUT2D eigenvalue weighted by molar-refractivity contribution is 0.154. The van der Waals surface area contributed by atoms with Crippen molar-refractivity contribution in [3.05, 3.63) is 16.6 Å². The Morgan fingerprint density at radius 1 is 1.39 bits per heavy atom. The van der Waals surface area contributed by atoms with Gasteiger partial charge in [-0.1, -0.05) is 0 Å². The second-order valence-corrected chi connectivity index (χ2v) is 6.66.